The molecule has 1 atom stereocenters. The number of ketones is 1. The van der Waals surface area contributed by atoms with E-state index in [1.807, 2.05) is 7.05 Å². The van der Waals surface area contributed by atoms with Crippen molar-refractivity contribution in [2.45, 2.75) is 6.04 Å². The lowest BCUT2D eigenvalue weighted by atomic mass is 10.0. The minimum absolute atomic E-state index is 0.0780. The molecule has 1 unspecified atom stereocenters. The second-order valence-corrected chi connectivity index (χ2v) is 4.63. The summed E-state index contributed by atoms with van der Waals surface area (Å²) >= 11 is 0. The molecule has 1 aromatic carbocycles. The molecule has 0 radical (unpaired) electrons. The van der Waals surface area contributed by atoms with E-state index in [1.54, 1.807) is 32.4 Å². The Kier molecular flexibility index (Phi) is 4.39. The quantitative estimate of drug-likeness (QED) is 0.815. The average molecular weight is 264 g/mol. The summed E-state index contributed by atoms with van der Waals surface area (Å²) in [5.74, 6) is 1.32. The number of nitrogens with zero attached hydrogens (tertiary/aromatic N) is 1. The lowest BCUT2D eigenvalue weighted by Crippen LogP contribution is -2.53. The number of carbonyl (C=O) groups is 1. The lowest BCUT2D eigenvalue weighted by Gasteiger charge is -2.32. The van der Waals surface area contributed by atoms with Gasteiger partial charge in [0.15, 0.2) is 5.78 Å². The van der Waals surface area contributed by atoms with E-state index in [1.165, 1.54) is 0 Å². The first kappa shape index (κ1) is 13.8. The molecule has 5 nitrogen and oxygen atoms in total. The third kappa shape index (κ3) is 2.88. The summed E-state index contributed by atoms with van der Waals surface area (Å²) in [5.41, 5.74) is 0.601. The number of carbonyl (C=O) groups excluding carboxylic acids is 1. The Hall–Kier alpha value is -1.59. The third-order valence-corrected chi connectivity index (χ3v) is 3.49. The van der Waals surface area contributed by atoms with Crippen LogP contribution in [0.4, 0.5) is 0 Å². The highest BCUT2D eigenvalue weighted by Crippen LogP contribution is 2.26. The van der Waals surface area contributed by atoms with Gasteiger partial charge in [0.1, 0.15) is 11.5 Å². The molecule has 1 saturated heterocycles. The zero-order chi connectivity index (χ0) is 13.8. The largest absolute Gasteiger partial charge is 0.497 e. The molecule has 1 aromatic rings. The topological polar surface area (TPSA) is 50.8 Å². The smallest absolute Gasteiger partial charge is 0.184 e. The fraction of sp³-hybridized carbons (Fsp3) is 0.500. The van der Waals surface area contributed by atoms with Gasteiger partial charge in [-0.2, -0.15) is 0 Å². The van der Waals surface area contributed by atoms with Gasteiger partial charge in [-0.15, -0.1) is 0 Å². The zero-order valence-corrected chi connectivity index (χ0v) is 11.6. The fourth-order valence-corrected chi connectivity index (χ4v) is 2.28. The van der Waals surface area contributed by atoms with Crippen LogP contribution in [0.25, 0.3) is 0 Å². The van der Waals surface area contributed by atoms with Crippen molar-refractivity contribution in [2.75, 3.05) is 40.9 Å². The molecule has 1 aliphatic heterocycles. The van der Waals surface area contributed by atoms with E-state index in [-0.39, 0.29) is 11.8 Å². The monoisotopic (exact) mass is 264 g/mol. The van der Waals surface area contributed by atoms with Crippen LogP contribution in [0.15, 0.2) is 18.2 Å². The Morgan fingerprint density at radius 3 is 2.79 bits per heavy atom. The summed E-state index contributed by atoms with van der Waals surface area (Å²) in [6, 6.07) is 5.15. The Morgan fingerprint density at radius 1 is 1.37 bits per heavy atom. The van der Waals surface area contributed by atoms with Crippen molar-refractivity contribution in [1.82, 2.24) is 10.2 Å². The summed E-state index contributed by atoms with van der Waals surface area (Å²) in [7, 11) is 5.13. The van der Waals surface area contributed by atoms with E-state index >= 15 is 0 Å². The van der Waals surface area contributed by atoms with Crippen molar-refractivity contribution in [1.29, 1.82) is 0 Å². The Balaban J connectivity index is 2.27. The van der Waals surface area contributed by atoms with Crippen molar-refractivity contribution < 1.29 is 14.3 Å². The standard InChI is InChI=1S/C14H20N2O3/c1-16-7-6-15-9-12(16)14(17)11-5-4-10(18-2)8-13(11)19-3/h4-5,8,12,15H,6-7,9H2,1-3H3. The minimum atomic E-state index is -0.143. The number of benzene rings is 1. The van der Waals surface area contributed by atoms with Gasteiger partial charge >= 0.3 is 0 Å². The highest BCUT2D eigenvalue weighted by molar-refractivity contribution is 6.02. The molecule has 0 spiro atoms. The number of hydrogen-bond acceptors (Lipinski definition) is 5. The first-order valence-electron chi connectivity index (χ1n) is 6.34. The van der Waals surface area contributed by atoms with Gasteiger partial charge in [-0.3, -0.25) is 9.69 Å². The van der Waals surface area contributed by atoms with Crippen molar-refractivity contribution in [3.8, 4) is 11.5 Å². The van der Waals surface area contributed by atoms with Crippen LogP contribution in [0.2, 0.25) is 0 Å². The van der Waals surface area contributed by atoms with E-state index in [2.05, 4.69) is 10.2 Å². The van der Waals surface area contributed by atoms with Crippen molar-refractivity contribution in [3.05, 3.63) is 23.8 Å². The third-order valence-electron chi connectivity index (χ3n) is 3.49. The maximum atomic E-state index is 12.6. The number of Topliss-reactive ketones (excluding diaryl/α,β-unsaturated/α-hetero) is 1. The molecule has 1 fully saturated rings. The molecule has 104 valence electrons. The fourth-order valence-electron chi connectivity index (χ4n) is 2.28. The predicted molar refractivity (Wildman–Crippen MR) is 73.2 cm³/mol. The molecule has 1 N–H and O–H groups in total. The summed E-state index contributed by atoms with van der Waals surface area (Å²) in [4.78, 5) is 14.7. The average Bonchev–Trinajstić information content (AvgIpc) is 2.46. The normalized spacial score (nSPS) is 20.1. The molecule has 1 heterocycles. The van der Waals surface area contributed by atoms with Crippen molar-refractivity contribution >= 4 is 5.78 Å². The van der Waals surface area contributed by atoms with Crippen LogP contribution in [0, 0.1) is 0 Å². The molecule has 0 saturated carbocycles. The molecular formula is C14H20N2O3. The first-order chi connectivity index (χ1) is 9.17. The van der Waals surface area contributed by atoms with Crippen LogP contribution in [0.3, 0.4) is 0 Å². The van der Waals surface area contributed by atoms with Gasteiger partial charge in [0.05, 0.1) is 25.8 Å². The van der Waals surface area contributed by atoms with E-state index in [4.69, 9.17) is 9.47 Å². The molecule has 5 heteroatoms. The molecule has 19 heavy (non-hydrogen) atoms. The molecule has 2 rings (SSSR count). The molecule has 1 aliphatic rings. The van der Waals surface area contributed by atoms with Gasteiger partial charge in [0, 0.05) is 25.7 Å². The maximum Gasteiger partial charge on any atom is 0.184 e. The number of rotatable bonds is 4. The number of piperazine rings is 1. The van der Waals surface area contributed by atoms with E-state index in [9.17, 15) is 4.79 Å². The second-order valence-electron chi connectivity index (χ2n) is 4.63. The zero-order valence-electron chi connectivity index (χ0n) is 11.6. The van der Waals surface area contributed by atoms with E-state index in [0.29, 0.717) is 23.6 Å². The summed E-state index contributed by atoms with van der Waals surface area (Å²) < 4.78 is 10.4. The SMILES string of the molecule is COc1ccc(C(=O)C2CNCCN2C)c(OC)c1. The van der Waals surface area contributed by atoms with Crippen LogP contribution in [0.5, 0.6) is 11.5 Å². The maximum absolute atomic E-state index is 12.6. The number of hydrogen-bond donors (Lipinski definition) is 1. The van der Waals surface area contributed by atoms with E-state index < -0.39 is 0 Å². The highest BCUT2D eigenvalue weighted by Gasteiger charge is 2.28. The van der Waals surface area contributed by atoms with E-state index in [0.717, 1.165) is 13.1 Å². The minimum Gasteiger partial charge on any atom is -0.497 e. The summed E-state index contributed by atoms with van der Waals surface area (Å²) in [5, 5.41) is 3.25. The lowest BCUT2D eigenvalue weighted by molar-refractivity contribution is 0.0816. The predicted octanol–water partition coefficient (Wildman–Crippen LogP) is 0.790. The molecule has 0 aliphatic carbocycles. The highest BCUT2D eigenvalue weighted by atomic mass is 16.5. The van der Waals surface area contributed by atoms with Crippen LogP contribution in [0.1, 0.15) is 10.4 Å². The number of ether oxygens (including phenoxy) is 2. The summed E-state index contributed by atoms with van der Waals surface area (Å²) in [6.45, 7) is 2.46. The number of likely N-dealkylation sites (N-methyl/N-ethyl adjacent to an activating group) is 1. The van der Waals surface area contributed by atoms with Gasteiger partial charge in [-0.05, 0) is 19.2 Å². The van der Waals surface area contributed by atoms with Crippen molar-refractivity contribution in [2.24, 2.45) is 0 Å². The van der Waals surface area contributed by atoms with Crippen LogP contribution >= 0.6 is 0 Å². The summed E-state index contributed by atoms with van der Waals surface area (Å²) in [6.07, 6.45) is 0. The van der Waals surface area contributed by atoms with Crippen LogP contribution < -0.4 is 14.8 Å². The number of methoxy groups -OCH3 is 2. The van der Waals surface area contributed by atoms with Crippen LogP contribution in [-0.2, 0) is 0 Å². The Labute approximate surface area is 113 Å². The van der Waals surface area contributed by atoms with Gasteiger partial charge in [0.25, 0.3) is 0 Å². The van der Waals surface area contributed by atoms with Crippen molar-refractivity contribution in [3.63, 3.8) is 0 Å². The first-order valence-corrected chi connectivity index (χ1v) is 6.34. The number of nitrogens with one attached hydrogen (secondary N) is 1. The van der Waals surface area contributed by atoms with Gasteiger partial charge < -0.3 is 14.8 Å². The van der Waals surface area contributed by atoms with Gasteiger partial charge in [-0.25, -0.2) is 0 Å². The van der Waals surface area contributed by atoms with Crippen LogP contribution in [-0.4, -0.2) is 57.6 Å². The Bertz CT molecular complexity index is 462. The van der Waals surface area contributed by atoms with Gasteiger partial charge in [-0.1, -0.05) is 0 Å². The molecule has 0 aromatic heterocycles. The molecular weight excluding hydrogens is 244 g/mol. The molecule has 0 bridgehead atoms. The van der Waals surface area contributed by atoms with Gasteiger partial charge in [0.2, 0.25) is 0 Å². The molecule has 0 amide bonds. The second kappa shape index (κ2) is 6.04. The Morgan fingerprint density at radius 2 is 2.16 bits per heavy atom.